The number of ether oxygens (including phenoxy) is 4. The molecule has 2 N–H and O–H groups in total. The normalized spacial score (nSPS) is 17.6. The second-order valence-electron chi connectivity index (χ2n) is 9.82. The van der Waals surface area contributed by atoms with Crippen LogP contribution in [0.2, 0.25) is 0 Å². The highest BCUT2D eigenvalue weighted by Gasteiger charge is 2.51. The van der Waals surface area contributed by atoms with Gasteiger partial charge in [-0.05, 0) is 39.0 Å². The molecular weight excluding hydrogens is 575 g/mol. The van der Waals surface area contributed by atoms with E-state index in [1.54, 1.807) is 6.92 Å². The maximum atomic E-state index is 13.9. The maximum Gasteiger partial charge on any atom is 0.427 e. The number of aromatic nitrogens is 2. The molecule has 2 aromatic rings. The largest absolute Gasteiger partial charge is 0.484 e. The second-order valence-corrected chi connectivity index (χ2v) is 11.6. The molecule has 0 bridgehead atoms. The number of aryl methyl sites for hydroxylation is 1. The number of nitrogens with zero attached hydrogens (tertiary/aromatic N) is 3. The van der Waals surface area contributed by atoms with Crippen LogP contribution in [0.3, 0.4) is 0 Å². The minimum atomic E-state index is -4.82. The molecule has 1 saturated heterocycles. The number of anilines is 2. The van der Waals surface area contributed by atoms with Crippen molar-refractivity contribution >= 4 is 33.4 Å². The van der Waals surface area contributed by atoms with E-state index in [2.05, 4.69) is 20.5 Å². The molecule has 2 aliphatic heterocycles. The Kier molecular flexibility index (Phi) is 8.31. The molecule has 0 aliphatic carbocycles. The van der Waals surface area contributed by atoms with Gasteiger partial charge in [0.2, 0.25) is 11.5 Å². The van der Waals surface area contributed by atoms with E-state index in [4.69, 9.17) is 14.2 Å². The Morgan fingerprint density at radius 2 is 1.93 bits per heavy atom. The molecule has 1 atom stereocenters. The van der Waals surface area contributed by atoms with Gasteiger partial charge in [0, 0.05) is 18.4 Å². The summed E-state index contributed by atoms with van der Waals surface area (Å²) >= 11 is 0. The summed E-state index contributed by atoms with van der Waals surface area (Å²) in [6, 6.07) is 3.89. The summed E-state index contributed by atoms with van der Waals surface area (Å²) in [7, 11) is -3.09. The molecule has 2 amide bonds. The number of sulfonamides is 1. The summed E-state index contributed by atoms with van der Waals surface area (Å²) < 4.78 is 90.5. The highest BCUT2D eigenvalue weighted by Crippen LogP contribution is 2.40. The van der Waals surface area contributed by atoms with Crippen LogP contribution in [0.15, 0.2) is 29.3 Å². The van der Waals surface area contributed by atoms with Crippen LogP contribution >= 0.6 is 0 Å². The van der Waals surface area contributed by atoms with Gasteiger partial charge in [-0.1, -0.05) is 0 Å². The second kappa shape index (κ2) is 11.3. The monoisotopic (exact) mass is 605 g/mol. The van der Waals surface area contributed by atoms with Crippen LogP contribution in [0.25, 0.3) is 0 Å². The molecule has 0 saturated carbocycles. The van der Waals surface area contributed by atoms with E-state index in [-0.39, 0.29) is 52.8 Å². The predicted molar refractivity (Wildman–Crippen MR) is 137 cm³/mol. The first kappa shape index (κ1) is 30.2. The van der Waals surface area contributed by atoms with E-state index in [1.807, 2.05) is 0 Å². The van der Waals surface area contributed by atoms with Crippen molar-refractivity contribution in [1.82, 2.24) is 15.1 Å². The Bertz CT molecular complexity index is 1410. The highest BCUT2D eigenvalue weighted by atomic mass is 32.2. The topological polar surface area (TPSA) is 150 Å². The molecule has 0 radical (unpaired) electrons. The number of carbonyl (C=O) groups is 2. The molecule has 1 aromatic heterocycles. The van der Waals surface area contributed by atoms with Gasteiger partial charge in [-0.25, -0.2) is 13.2 Å². The summed E-state index contributed by atoms with van der Waals surface area (Å²) in [5.74, 6) is -0.624. The van der Waals surface area contributed by atoms with Gasteiger partial charge in [-0.2, -0.15) is 13.2 Å². The standard InChI is InChI=1S/C24H30F3N5O8S/c1-5-31-11-19(21(30-31)37-4)41(35,36)32-10-16(9-28-20(33)14-12-38-13-14)39-18-7-6-15(8-17(18)32)29-22(34)40-23(2,3)24(25,26)27/h6-8,11,14,16H,5,9-10,12-13H2,1-4H3,(H,28,33)(H,29,34)/t16-/m0/s1. The van der Waals surface area contributed by atoms with Crippen LogP contribution in [0.4, 0.5) is 29.3 Å². The van der Waals surface area contributed by atoms with Crippen LogP contribution < -0.4 is 24.4 Å². The molecular formula is C24H30F3N5O8S. The number of carbonyl (C=O) groups excluding carboxylic acids is 2. The number of hydrogen-bond acceptors (Lipinski definition) is 9. The lowest BCUT2D eigenvalue weighted by Gasteiger charge is -2.36. The zero-order valence-electron chi connectivity index (χ0n) is 22.6. The van der Waals surface area contributed by atoms with Gasteiger partial charge in [-0.15, -0.1) is 5.10 Å². The fourth-order valence-corrected chi connectivity index (χ4v) is 5.49. The third kappa shape index (κ3) is 6.29. The molecule has 0 unspecified atom stereocenters. The van der Waals surface area contributed by atoms with Gasteiger partial charge in [0.1, 0.15) is 11.9 Å². The lowest BCUT2D eigenvalue weighted by Crippen LogP contribution is -2.50. The molecule has 4 rings (SSSR count). The third-order valence-electron chi connectivity index (χ3n) is 6.46. The van der Waals surface area contributed by atoms with Crippen molar-refractivity contribution in [3.05, 3.63) is 24.4 Å². The van der Waals surface area contributed by atoms with Crippen LogP contribution in [0.1, 0.15) is 20.8 Å². The molecule has 226 valence electrons. The molecule has 41 heavy (non-hydrogen) atoms. The van der Waals surface area contributed by atoms with Crippen LogP contribution in [-0.2, 0) is 30.8 Å². The predicted octanol–water partition coefficient (Wildman–Crippen LogP) is 2.52. The summed E-state index contributed by atoms with van der Waals surface area (Å²) in [5.41, 5.74) is -2.84. The maximum absolute atomic E-state index is 13.9. The Balaban J connectivity index is 1.65. The van der Waals surface area contributed by atoms with Crippen molar-refractivity contribution in [2.75, 3.05) is 43.0 Å². The fourth-order valence-electron chi connectivity index (χ4n) is 3.89. The van der Waals surface area contributed by atoms with Crippen LogP contribution in [0, 0.1) is 5.92 Å². The van der Waals surface area contributed by atoms with E-state index in [9.17, 15) is 31.2 Å². The van der Waals surface area contributed by atoms with Crippen molar-refractivity contribution < 1.29 is 50.1 Å². The smallest absolute Gasteiger partial charge is 0.427 e. The number of methoxy groups -OCH3 is 1. The SMILES string of the molecule is CCn1cc(S(=O)(=O)N2C[C@H](CNC(=O)C3COC3)Oc3ccc(NC(=O)OC(C)(C)C(F)(F)F)cc32)c(OC)n1. The van der Waals surface area contributed by atoms with Crippen LogP contribution in [0.5, 0.6) is 11.6 Å². The molecule has 1 aromatic carbocycles. The van der Waals surface area contributed by atoms with E-state index >= 15 is 0 Å². The van der Waals surface area contributed by atoms with Crippen LogP contribution in [-0.4, -0.2) is 81.5 Å². The van der Waals surface area contributed by atoms with Gasteiger partial charge >= 0.3 is 12.3 Å². The lowest BCUT2D eigenvalue weighted by atomic mass is 10.1. The van der Waals surface area contributed by atoms with Crippen molar-refractivity contribution in [1.29, 1.82) is 0 Å². The molecule has 1 fully saturated rings. The van der Waals surface area contributed by atoms with Gasteiger partial charge in [0.15, 0.2) is 4.90 Å². The first-order chi connectivity index (χ1) is 19.2. The minimum absolute atomic E-state index is 0.0147. The molecule has 0 spiro atoms. The number of hydrogen-bond donors (Lipinski definition) is 2. The summed E-state index contributed by atoms with van der Waals surface area (Å²) in [5, 5.41) is 9.04. The van der Waals surface area contributed by atoms with Crippen molar-refractivity contribution in [3.63, 3.8) is 0 Å². The fraction of sp³-hybridized carbons (Fsp3) is 0.542. The lowest BCUT2D eigenvalue weighted by molar-refractivity contribution is -0.242. The van der Waals surface area contributed by atoms with Gasteiger partial charge in [0.05, 0.1) is 45.0 Å². The first-order valence-corrected chi connectivity index (χ1v) is 14.0. The van der Waals surface area contributed by atoms with E-state index < -0.39 is 34.0 Å². The summed E-state index contributed by atoms with van der Waals surface area (Å²) in [4.78, 5) is 24.3. The molecule has 2 aliphatic rings. The number of rotatable bonds is 9. The van der Waals surface area contributed by atoms with E-state index in [1.165, 1.54) is 36.2 Å². The number of amides is 2. The number of benzene rings is 1. The number of halogens is 3. The molecule has 13 nitrogen and oxygen atoms in total. The highest BCUT2D eigenvalue weighted by molar-refractivity contribution is 7.93. The quantitative estimate of drug-likeness (QED) is 0.440. The zero-order chi connectivity index (χ0) is 30.2. The van der Waals surface area contributed by atoms with Crippen molar-refractivity contribution in [2.24, 2.45) is 5.92 Å². The Hall–Kier alpha value is -3.73. The Labute approximate surface area is 233 Å². The average Bonchev–Trinajstić information content (AvgIpc) is 3.29. The summed E-state index contributed by atoms with van der Waals surface area (Å²) in [6.45, 7) is 3.81. The van der Waals surface area contributed by atoms with E-state index in [0.717, 1.165) is 4.31 Å². The first-order valence-electron chi connectivity index (χ1n) is 12.5. The Morgan fingerprint density at radius 1 is 1.22 bits per heavy atom. The van der Waals surface area contributed by atoms with Crippen molar-refractivity contribution in [2.45, 2.75) is 50.1 Å². The summed E-state index contributed by atoms with van der Waals surface area (Å²) in [6.07, 6.45) is -5.73. The van der Waals surface area contributed by atoms with Crippen molar-refractivity contribution in [3.8, 4) is 11.6 Å². The number of fused-ring (bicyclic) bond motifs is 1. The minimum Gasteiger partial charge on any atom is -0.484 e. The van der Waals surface area contributed by atoms with Gasteiger partial charge in [0.25, 0.3) is 15.9 Å². The third-order valence-corrected chi connectivity index (χ3v) is 8.22. The average molecular weight is 606 g/mol. The van der Waals surface area contributed by atoms with Gasteiger partial charge in [-0.3, -0.25) is 19.1 Å². The van der Waals surface area contributed by atoms with Gasteiger partial charge < -0.3 is 24.3 Å². The molecule has 3 heterocycles. The zero-order valence-corrected chi connectivity index (χ0v) is 23.5. The number of alkyl halides is 3. The Morgan fingerprint density at radius 3 is 2.51 bits per heavy atom. The number of nitrogens with one attached hydrogen (secondary N) is 2. The van der Waals surface area contributed by atoms with E-state index in [0.29, 0.717) is 33.6 Å². The molecule has 17 heteroatoms.